The van der Waals surface area contributed by atoms with E-state index in [0.29, 0.717) is 6.04 Å². The van der Waals surface area contributed by atoms with Crippen molar-refractivity contribution in [1.82, 2.24) is 14.8 Å². The third kappa shape index (κ3) is 4.29. The minimum atomic E-state index is -0.304. The highest BCUT2D eigenvalue weighted by molar-refractivity contribution is 8.00. The number of benzene rings is 2. The average Bonchev–Trinajstić information content (AvgIpc) is 3.31. The van der Waals surface area contributed by atoms with Crippen molar-refractivity contribution in [2.24, 2.45) is 0 Å². The van der Waals surface area contributed by atoms with E-state index >= 15 is 0 Å². The number of aromatic nitrogens is 3. The molecule has 1 unspecified atom stereocenters. The number of thiophene rings is 1. The Morgan fingerprint density at radius 3 is 2.58 bits per heavy atom. The van der Waals surface area contributed by atoms with E-state index in [1.165, 1.54) is 11.8 Å². The first-order valence-corrected chi connectivity index (χ1v) is 12.1. The van der Waals surface area contributed by atoms with Crippen molar-refractivity contribution in [3.05, 3.63) is 72.1 Å². The SMILES string of the molecule is CC(Sc1nnc(-c2cccs2)n1C1CC1)C(=O)Nc1ccccc1-c1ccccc1. The van der Waals surface area contributed by atoms with Crippen LogP contribution in [0.25, 0.3) is 21.8 Å². The number of carbonyl (C=O) groups excluding carboxylic acids is 1. The normalized spacial score (nSPS) is 14.4. The fraction of sp³-hybridized carbons (Fsp3) is 0.208. The zero-order valence-electron chi connectivity index (χ0n) is 17.1. The average molecular weight is 447 g/mol. The van der Waals surface area contributed by atoms with E-state index in [0.717, 1.165) is 45.5 Å². The number of nitrogens with one attached hydrogen (secondary N) is 1. The molecule has 2 heterocycles. The molecule has 1 amide bonds. The molecule has 0 bridgehead atoms. The van der Waals surface area contributed by atoms with Gasteiger partial charge in [-0.05, 0) is 42.8 Å². The number of carbonyl (C=O) groups is 1. The van der Waals surface area contributed by atoms with E-state index in [4.69, 9.17) is 0 Å². The lowest BCUT2D eigenvalue weighted by molar-refractivity contribution is -0.115. The zero-order valence-corrected chi connectivity index (χ0v) is 18.7. The lowest BCUT2D eigenvalue weighted by Crippen LogP contribution is -2.23. The Labute approximate surface area is 189 Å². The van der Waals surface area contributed by atoms with Crippen molar-refractivity contribution >= 4 is 34.7 Å². The van der Waals surface area contributed by atoms with Crippen LogP contribution in [-0.2, 0) is 4.79 Å². The van der Waals surface area contributed by atoms with Crippen LogP contribution in [0.2, 0.25) is 0 Å². The lowest BCUT2D eigenvalue weighted by Gasteiger charge is -2.15. The van der Waals surface area contributed by atoms with E-state index < -0.39 is 0 Å². The number of anilines is 1. The molecule has 7 heteroatoms. The Morgan fingerprint density at radius 1 is 1.06 bits per heavy atom. The molecule has 0 saturated heterocycles. The molecule has 1 saturated carbocycles. The standard InChI is InChI=1S/C24H22N4OS2/c1-16(23(29)25-20-11-6-5-10-19(20)17-8-3-2-4-9-17)31-24-27-26-22(21-12-7-15-30-21)28(24)18-13-14-18/h2-12,15-16,18H,13-14H2,1H3,(H,25,29). The van der Waals surface area contributed by atoms with Crippen LogP contribution in [0.15, 0.2) is 77.3 Å². The fourth-order valence-corrected chi connectivity index (χ4v) is 5.13. The van der Waals surface area contributed by atoms with Gasteiger partial charge >= 0.3 is 0 Å². The molecule has 5 rings (SSSR count). The van der Waals surface area contributed by atoms with Crippen LogP contribution in [0.1, 0.15) is 25.8 Å². The first-order valence-electron chi connectivity index (χ1n) is 10.3. The zero-order chi connectivity index (χ0) is 21.2. The summed E-state index contributed by atoms with van der Waals surface area (Å²) in [6, 6.07) is 22.5. The molecule has 1 N–H and O–H groups in total. The quantitative estimate of drug-likeness (QED) is 0.347. The van der Waals surface area contributed by atoms with E-state index in [9.17, 15) is 4.79 Å². The Hall–Kier alpha value is -2.90. The van der Waals surface area contributed by atoms with Crippen LogP contribution < -0.4 is 5.32 Å². The maximum Gasteiger partial charge on any atom is 0.237 e. The van der Waals surface area contributed by atoms with Gasteiger partial charge in [0.25, 0.3) is 0 Å². The second kappa shape index (κ2) is 8.69. The Bertz CT molecular complexity index is 1180. The van der Waals surface area contributed by atoms with Gasteiger partial charge < -0.3 is 5.32 Å². The summed E-state index contributed by atoms with van der Waals surface area (Å²) < 4.78 is 2.21. The van der Waals surface area contributed by atoms with Crippen LogP contribution in [0.3, 0.4) is 0 Å². The summed E-state index contributed by atoms with van der Waals surface area (Å²) >= 11 is 3.13. The topological polar surface area (TPSA) is 59.8 Å². The fourth-order valence-electron chi connectivity index (χ4n) is 3.50. The molecule has 2 aromatic heterocycles. The molecule has 4 aromatic rings. The highest BCUT2D eigenvalue weighted by Crippen LogP contribution is 2.42. The van der Waals surface area contributed by atoms with Gasteiger partial charge in [-0.1, -0.05) is 66.4 Å². The van der Waals surface area contributed by atoms with Crippen LogP contribution in [-0.4, -0.2) is 25.9 Å². The van der Waals surface area contributed by atoms with Crippen molar-refractivity contribution in [3.8, 4) is 21.8 Å². The van der Waals surface area contributed by atoms with Gasteiger partial charge in [0.2, 0.25) is 5.91 Å². The Morgan fingerprint density at radius 2 is 1.84 bits per heavy atom. The van der Waals surface area contributed by atoms with Gasteiger partial charge in [0, 0.05) is 17.3 Å². The van der Waals surface area contributed by atoms with E-state index in [2.05, 4.69) is 26.1 Å². The predicted molar refractivity (Wildman–Crippen MR) is 127 cm³/mol. The van der Waals surface area contributed by atoms with Crippen LogP contribution in [0, 0.1) is 0 Å². The Kier molecular flexibility index (Phi) is 5.61. The van der Waals surface area contributed by atoms with Crippen LogP contribution in [0.4, 0.5) is 5.69 Å². The second-order valence-electron chi connectivity index (χ2n) is 7.55. The maximum atomic E-state index is 13.0. The summed E-state index contributed by atoms with van der Waals surface area (Å²) in [4.78, 5) is 14.2. The van der Waals surface area contributed by atoms with E-state index in [-0.39, 0.29) is 11.2 Å². The molecular formula is C24H22N4OS2. The summed E-state index contributed by atoms with van der Waals surface area (Å²) in [7, 11) is 0. The smallest absolute Gasteiger partial charge is 0.237 e. The summed E-state index contributed by atoms with van der Waals surface area (Å²) in [5, 5.41) is 14.5. The molecule has 1 aliphatic carbocycles. The summed E-state index contributed by atoms with van der Waals surface area (Å²) in [5.74, 6) is 0.860. The molecule has 0 aliphatic heterocycles. The van der Waals surface area contributed by atoms with Gasteiger partial charge in [0.05, 0.1) is 10.1 Å². The molecule has 1 fully saturated rings. The van der Waals surface area contributed by atoms with Crippen LogP contribution in [0.5, 0.6) is 0 Å². The van der Waals surface area contributed by atoms with E-state index in [1.807, 2.05) is 73.0 Å². The first-order chi connectivity index (χ1) is 15.2. The second-order valence-corrected chi connectivity index (χ2v) is 9.80. The van der Waals surface area contributed by atoms with Gasteiger partial charge in [-0.3, -0.25) is 9.36 Å². The van der Waals surface area contributed by atoms with E-state index in [1.54, 1.807) is 11.3 Å². The largest absolute Gasteiger partial charge is 0.325 e. The third-order valence-electron chi connectivity index (χ3n) is 5.24. The number of para-hydroxylation sites is 1. The molecule has 31 heavy (non-hydrogen) atoms. The van der Waals surface area contributed by atoms with Crippen molar-refractivity contribution < 1.29 is 4.79 Å². The number of hydrogen-bond acceptors (Lipinski definition) is 5. The lowest BCUT2D eigenvalue weighted by atomic mass is 10.0. The van der Waals surface area contributed by atoms with Crippen molar-refractivity contribution in [3.63, 3.8) is 0 Å². The molecule has 1 aliphatic rings. The molecule has 0 spiro atoms. The number of nitrogens with zero attached hydrogens (tertiary/aromatic N) is 3. The summed E-state index contributed by atoms with van der Waals surface area (Å²) in [6.45, 7) is 1.92. The number of hydrogen-bond donors (Lipinski definition) is 1. The minimum Gasteiger partial charge on any atom is -0.325 e. The highest BCUT2D eigenvalue weighted by Gasteiger charge is 2.31. The maximum absolute atomic E-state index is 13.0. The van der Waals surface area contributed by atoms with Gasteiger partial charge in [-0.25, -0.2) is 0 Å². The molecule has 156 valence electrons. The monoisotopic (exact) mass is 446 g/mol. The van der Waals surface area contributed by atoms with Gasteiger partial charge in [-0.15, -0.1) is 21.5 Å². The number of thioether (sulfide) groups is 1. The predicted octanol–water partition coefficient (Wildman–Crippen LogP) is 6.13. The summed E-state index contributed by atoms with van der Waals surface area (Å²) in [5.41, 5.74) is 2.90. The van der Waals surface area contributed by atoms with Crippen molar-refractivity contribution in [2.75, 3.05) is 5.32 Å². The van der Waals surface area contributed by atoms with Gasteiger partial charge in [0.15, 0.2) is 11.0 Å². The number of rotatable bonds is 7. The molecule has 5 nitrogen and oxygen atoms in total. The summed E-state index contributed by atoms with van der Waals surface area (Å²) in [6.07, 6.45) is 2.27. The van der Waals surface area contributed by atoms with Crippen molar-refractivity contribution in [1.29, 1.82) is 0 Å². The van der Waals surface area contributed by atoms with Crippen molar-refractivity contribution in [2.45, 2.75) is 36.2 Å². The number of amides is 1. The molecular weight excluding hydrogens is 424 g/mol. The minimum absolute atomic E-state index is 0.0450. The molecule has 2 aromatic carbocycles. The Balaban J connectivity index is 1.35. The van der Waals surface area contributed by atoms with Gasteiger partial charge in [-0.2, -0.15) is 0 Å². The molecule has 0 radical (unpaired) electrons. The third-order valence-corrected chi connectivity index (χ3v) is 7.16. The van der Waals surface area contributed by atoms with Gasteiger partial charge in [0.1, 0.15) is 0 Å². The van der Waals surface area contributed by atoms with Crippen LogP contribution >= 0.6 is 23.1 Å². The molecule has 1 atom stereocenters. The first kappa shape index (κ1) is 20.0. The highest BCUT2D eigenvalue weighted by atomic mass is 32.2.